The summed E-state index contributed by atoms with van der Waals surface area (Å²) >= 11 is 0. The highest BCUT2D eigenvalue weighted by Gasteiger charge is 2.20. The summed E-state index contributed by atoms with van der Waals surface area (Å²) in [6.45, 7) is 2.07. The van der Waals surface area contributed by atoms with Gasteiger partial charge in [-0.3, -0.25) is 4.68 Å². The fraction of sp³-hybridized carbons (Fsp3) is 0.333. The van der Waals surface area contributed by atoms with E-state index in [1.165, 1.54) is 6.20 Å². The zero-order valence-electron chi connectivity index (χ0n) is 11.6. The molecule has 0 spiro atoms. The van der Waals surface area contributed by atoms with Crippen molar-refractivity contribution in [3.8, 4) is 0 Å². The highest BCUT2D eigenvalue weighted by molar-refractivity contribution is 7.89. The highest BCUT2D eigenvalue weighted by atomic mass is 32.2. The van der Waals surface area contributed by atoms with Crippen LogP contribution in [0, 0.1) is 6.92 Å². The molecule has 2 aromatic heterocycles. The molecule has 2 rings (SSSR count). The standard InChI is InChI=1S/C12H17N5O2S/c1-9-10(7-15-17(9)3)8-16-20(18,19)12-11(13-2)5-4-6-14-12/h4-7,13,16H,8H2,1-3H3. The molecule has 0 aliphatic rings. The van der Waals surface area contributed by atoms with Gasteiger partial charge < -0.3 is 5.32 Å². The van der Waals surface area contributed by atoms with E-state index in [4.69, 9.17) is 0 Å². The van der Waals surface area contributed by atoms with Gasteiger partial charge in [-0.2, -0.15) is 5.10 Å². The molecule has 7 nitrogen and oxygen atoms in total. The molecule has 0 aromatic carbocycles. The van der Waals surface area contributed by atoms with Crippen molar-refractivity contribution in [1.82, 2.24) is 19.5 Å². The van der Waals surface area contributed by atoms with Gasteiger partial charge in [0.15, 0.2) is 5.03 Å². The lowest BCUT2D eigenvalue weighted by Crippen LogP contribution is -2.25. The quantitative estimate of drug-likeness (QED) is 0.845. The summed E-state index contributed by atoms with van der Waals surface area (Å²) in [5.74, 6) is 0. The van der Waals surface area contributed by atoms with Crippen LogP contribution in [-0.4, -0.2) is 30.2 Å². The average molecular weight is 295 g/mol. The molecule has 0 aliphatic carbocycles. The number of anilines is 1. The van der Waals surface area contributed by atoms with Gasteiger partial charge in [0.25, 0.3) is 10.0 Å². The monoisotopic (exact) mass is 295 g/mol. The molecule has 2 aromatic rings. The molecule has 0 bridgehead atoms. The minimum Gasteiger partial charge on any atom is -0.386 e. The first-order valence-electron chi connectivity index (χ1n) is 6.05. The lowest BCUT2D eigenvalue weighted by molar-refractivity contribution is 0.577. The first kappa shape index (κ1) is 14.5. The van der Waals surface area contributed by atoms with Gasteiger partial charge in [-0.1, -0.05) is 0 Å². The van der Waals surface area contributed by atoms with E-state index in [0.29, 0.717) is 5.69 Å². The van der Waals surface area contributed by atoms with Gasteiger partial charge in [0.1, 0.15) is 0 Å². The summed E-state index contributed by atoms with van der Waals surface area (Å²) in [6, 6.07) is 3.34. The van der Waals surface area contributed by atoms with E-state index in [2.05, 4.69) is 20.1 Å². The van der Waals surface area contributed by atoms with Crippen LogP contribution in [0.25, 0.3) is 0 Å². The van der Waals surface area contributed by atoms with Gasteiger partial charge >= 0.3 is 0 Å². The Morgan fingerprint density at radius 2 is 2.15 bits per heavy atom. The van der Waals surface area contributed by atoms with Crippen molar-refractivity contribution >= 4 is 15.7 Å². The lowest BCUT2D eigenvalue weighted by Gasteiger charge is -2.09. The summed E-state index contributed by atoms with van der Waals surface area (Å²) in [6.07, 6.45) is 3.10. The average Bonchev–Trinajstić information content (AvgIpc) is 2.76. The van der Waals surface area contributed by atoms with Crippen molar-refractivity contribution in [3.63, 3.8) is 0 Å². The van der Waals surface area contributed by atoms with Crippen molar-refractivity contribution in [3.05, 3.63) is 35.8 Å². The predicted molar refractivity (Wildman–Crippen MR) is 75.8 cm³/mol. The Kier molecular flexibility index (Phi) is 4.05. The van der Waals surface area contributed by atoms with Crippen LogP contribution < -0.4 is 10.0 Å². The molecule has 2 N–H and O–H groups in total. The van der Waals surface area contributed by atoms with Gasteiger partial charge in [0, 0.05) is 38.1 Å². The van der Waals surface area contributed by atoms with Gasteiger partial charge in [-0.05, 0) is 19.1 Å². The zero-order chi connectivity index (χ0) is 14.8. The van der Waals surface area contributed by atoms with Crippen LogP contribution in [0.2, 0.25) is 0 Å². The van der Waals surface area contributed by atoms with E-state index in [0.717, 1.165) is 11.3 Å². The maximum absolute atomic E-state index is 12.3. The van der Waals surface area contributed by atoms with Crippen LogP contribution in [0.1, 0.15) is 11.3 Å². The molecule has 0 atom stereocenters. The minimum absolute atomic E-state index is 0.0101. The molecule has 0 saturated carbocycles. The van der Waals surface area contributed by atoms with Crippen LogP contribution in [0.3, 0.4) is 0 Å². The number of hydrogen-bond acceptors (Lipinski definition) is 5. The van der Waals surface area contributed by atoms with Gasteiger partial charge in [-0.25, -0.2) is 18.1 Å². The van der Waals surface area contributed by atoms with Crippen LogP contribution >= 0.6 is 0 Å². The summed E-state index contributed by atoms with van der Waals surface area (Å²) in [5, 5.41) is 6.88. The molecule has 2 heterocycles. The summed E-state index contributed by atoms with van der Waals surface area (Å²) in [5.41, 5.74) is 2.21. The van der Waals surface area contributed by atoms with E-state index in [1.54, 1.807) is 30.1 Å². The molecule has 108 valence electrons. The van der Waals surface area contributed by atoms with Crippen LogP contribution in [0.5, 0.6) is 0 Å². The van der Waals surface area contributed by atoms with Crippen LogP contribution in [0.4, 0.5) is 5.69 Å². The lowest BCUT2D eigenvalue weighted by atomic mass is 10.3. The Labute approximate surface area is 118 Å². The van der Waals surface area contributed by atoms with Crippen LogP contribution in [0.15, 0.2) is 29.6 Å². The number of aryl methyl sites for hydroxylation is 1. The fourth-order valence-electron chi connectivity index (χ4n) is 1.75. The third kappa shape index (κ3) is 2.81. The number of hydrogen-bond donors (Lipinski definition) is 2. The maximum Gasteiger partial charge on any atom is 0.260 e. The minimum atomic E-state index is -3.67. The normalized spacial score (nSPS) is 11.6. The number of pyridine rings is 1. The Hall–Kier alpha value is -1.93. The van der Waals surface area contributed by atoms with Crippen molar-refractivity contribution < 1.29 is 8.42 Å². The second-order valence-corrected chi connectivity index (χ2v) is 5.99. The molecule has 20 heavy (non-hydrogen) atoms. The topological polar surface area (TPSA) is 88.9 Å². The Bertz CT molecular complexity index is 708. The second kappa shape index (κ2) is 5.59. The summed E-state index contributed by atoms with van der Waals surface area (Å²) < 4.78 is 28.8. The molecular weight excluding hydrogens is 278 g/mol. The number of rotatable bonds is 5. The smallest absolute Gasteiger partial charge is 0.260 e. The Morgan fingerprint density at radius 3 is 2.75 bits per heavy atom. The van der Waals surface area contributed by atoms with E-state index in [1.807, 2.05) is 14.0 Å². The molecule has 0 saturated heterocycles. The van der Waals surface area contributed by atoms with Crippen LogP contribution in [-0.2, 0) is 23.6 Å². The Balaban J connectivity index is 2.22. The van der Waals surface area contributed by atoms with E-state index < -0.39 is 10.0 Å². The molecule has 0 unspecified atom stereocenters. The van der Waals surface area contributed by atoms with Gasteiger partial charge in [-0.15, -0.1) is 0 Å². The number of nitrogens with one attached hydrogen (secondary N) is 2. The molecule has 0 amide bonds. The van der Waals surface area contributed by atoms with E-state index in [-0.39, 0.29) is 11.6 Å². The second-order valence-electron chi connectivity index (χ2n) is 4.31. The van der Waals surface area contributed by atoms with Gasteiger partial charge in [0.05, 0.1) is 11.9 Å². The summed E-state index contributed by atoms with van der Waals surface area (Å²) in [7, 11) is -0.205. The third-order valence-electron chi connectivity index (χ3n) is 3.08. The molecule has 0 fully saturated rings. The van der Waals surface area contributed by atoms with E-state index in [9.17, 15) is 8.42 Å². The molecule has 0 aliphatic heterocycles. The fourth-order valence-corrected chi connectivity index (χ4v) is 2.90. The van der Waals surface area contributed by atoms with Crippen molar-refractivity contribution in [2.75, 3.05) is 12.4 Å². The number of aromatic nitrogens is 3. The largest absolute Gasteiger partial charge is 0.386 e. The molecule has 8 heteroatoms. The zero-order valence-corrected chi connectivity index (χ0v) is 12.4. The first-order valence-corrected chi connectivity index (χ1v) is 7.54. The highest BCUT2D eigenvalue weighted by Crippen LogP contribution is 2.17. The predicted octanol–water partition coefficient (Wildman–Crippen LogP) is 0.644. The SMILES string of the molecule is CNc1cccnc1S(=O)(=O)NCc1cnn(C)c1C. The maximum atomic E-state index is 12.3. The Morgan fingerprint density at radius 1 is 1.40 bits per heavy atom. The third-order valence-corrected chi connectivity index (χ3v) is 4.44. The molecular formula is C12H17N5O2S. The van der Waals surface area contributed by atoms with E-state index >= 15 is 0 Å². The van der Waals surface area contributed by atoms with Crippen molar-refractivity contribution in [2.45, 2.75) is 18.5 Å². The number of nitrogens with zero attached hydrogens (tertiary/aromatic N) is 3. The summed E-state index contributed by atoms with van der Waals surface area (Å²) in [4.78, 5) is 3.93. The van der Waals surface area contributed by atoms with Gasteiger partial charge in [0.2, 0.25) is 0 Å². The number of sulfonamides is 1. The molecule has 0 radical (unpaired) electrons. The van der Waals surface area contributed by atoms with Crippen molar-refractivity contribution in [2.24, 2.45) is 7.05 Å². The first-order chi connectivity index (χ1) is 9.45. The van der Waals surface area contributed by atoms with Crippen molar-refractivity contribution in [1.29, 1.82) is 0 Å².